The van der Waals surface area contributed by atoms with Crippen LogP contribution in [0.4, 0.5) is 0 Å². The van der Waals surface area contributed by atoms with Crippen molar-refractivity contribution in [1.82, 2.24) is 9.97 Å². The largest absolute Gasteiger partial charge is 0.228 e. The number of hydrogen-bond acceptors (Lipinski definition) is 2. The van der Waals surface area contributed by atoms with Crippen LogP contribution in [-0.4, -0.2) is 9.97 Å². The highest BCUT2D eigenvalue weighted by molar-refractivity contribution is 9.10. The van der Waals surface area contributed by atoms with Gasteiger partial charge in [0.25, 0.3) is 0 Å². The number of halogens is 1. The molecule has 0 saturated heterocycles. The van der Waals surface area contributed by atoms with Gasteiger partial charge >= 0.3 is 0 Å². The van der Waals surface area contributed by atoms with E-state index in [1.165, 1.54) is 0 Å². The Balaban J connectivity index is 1.90. The molecule has 0 N–H and O–H groups in total. The third-order valence-electron chi connectivity index (χ3n) is 3.97. The molecule has 3 aromatic carbocycles. The molecule has 2 nitrogen and oxygen atoms in total. The summed E-state index contributed by atoms with van der Waals surface area (Å²) >= 11 is 3.48. The third-order valence-corrected chi connectivity index (χ3v) is 4.50. The number of rotatable bonds is 3. The van der Waals surface area contributed by atoms with Gasteiger partial charge < -0.3 is 0 Å². The summed E-state index contributed by atoms with van der Waals surface area (Å²) in [6.07, 6.45) is 0. The van der Waals surface area contributed by atoms with Gasteiger partial charge in [0.1, 0.15) is 0 Å². The van der Waals surface area contributed by atoms with Crippen LogP contribution in [0, 0.1) is 0 Å². The molecule has 1 heterocycles. The average molecular weight is 387 g/mol. The van der Waals surface area contributed by atoms with Gasteiger partial charge in [0.2, 0.25) is 0 Å². The molecule has 0 aliphatic heterocycles. The number of benzene rings is 3. The van der Waals surface area contributed by atoms with Crippen molar-refractivity contribution >= 4 is 15.9 Å². The van der Waals surface area contributed by atoms with Crippen LogP contribution in [0.15, 0.2) is 95.5 Å². The first-order chi connectivity index (χ1) is 12.3. The lowest BCUT2D eigenvalue weighted by molar-refractivity contribution is 1.18. The lowest BCUT2D eigenvalue weighted by atomic mass is 10.1. The van der Waals surface area contributed by atoms with Crippen LogP contribution in [-0.2, 0) is 0 Å². The fourth-order valence-electron chi connectivity index (χ4n) is 2.69. The molecular formula is C22H15BrN2. The highest BCUT2D eigenvalue weighted by atomic mass is 79.9. The van der Waals surface area contributed by atoms with Crippen LogP contribution in [0.3, 0.4) is 0 Å². The Kier molecular flexibility index (Phi) is 4.40. The summed E-state index contributed by atoms with van der Waals surface area (Å²) in [7, 11) is 0. The Labute approximate surface area is 155 Å². The van der Waals surface area contributed by atoms with E-state index < -0.39 is 0 Å². The molecule has 0 saturated carbocycles. The third kappa shape index (κ3) is 3.52. The summed E-state index contributed by atoms with van der Waals surface area (Å²) in [5, 5.41) is 0. The number of aromatic nitrogens is 2. The maximum absolute atomic E-state index is 4.80. The van der Waals surface area contributed by atoms with Crippen molar-refractivity contribution in [2.24, 2.45) is 0 Å². The van der Waals surface area contributed by atoms with E-state index >= 15 is 0 Å². The molecule has 0 atom stereocenters. The van der Waals surface area contributed by atoms with Crippen molar-refractivity contribution in [2.45, 2.75) is 0 Å². The van der Waals surface area contributed by atoms with Gasteiger partial charge in [-0.05, 0) is 18.2 Å². The summed E-state index contributed by atoms with van der Waals surface area (Å²) in [6, 6.07) is 30.5. The molecule has 1 aromatic heterocycles. The van der Waals surface area contributed by atoms with Crippen LogP contribution >= 0.6 is 15.9 Å². The molecule has 0 unspecified atom stereocenters. The topological polar surface area (TPSA) is 25.8 Å². The lowest BCUT2D eigenvalue weighted by Crippen LogP contribution is -1.95. The molecular weight excluding hydrogens is 372 g/mol. The minimum atomic E-state index is 0.729. The van der Waals surface area contributed by atoms with Gasteiger partial charge in [-0.3, -0.25) is 0 Å². The number of nitrogens with zero attached hydrogens (tertiary/aromatic N) is 2. The predicted octanol–water partition coefficient (Wildman–Crippen LogP) is 6.24. The standard InChI is InChI=1S/C22H15BrN2/c23-19-13-11-18(12-14-19)22-24-20(16-7-3-1-4-8-16)15-21(25-22)17-9-5-2-6-10-17/h1-15H. The van der Waals surface area contributed by atoms with E-state index in [1.807, 2.05) is 66.7 Å². The SMILES string of the molecule is Brc1ccc(-c2nc(-c3ccccc3)cc(-c3ccccc3)n2)cc1. The second-order valence-corrected chi connectivity index (χ2v) is 6.62. The molecule has 0 aliphatic rings. The second-order valence-electron chi connectivity index (χ2n) is 5.70. The highest BCUT2D eigenvalue weighted by Gasteiger charge is 2.10. The minimum Gasteiger partial charge on any atom is -0.228 e. The molecule has 0 amide bonds. The van der Waals surface area contributed by atoms with Gasteiger partial charge in [-0.25, -0.2) is 9.97 Å². The Morgan fingerprint density at radius 1 is 0.520 bits per heavy atom. The van der Waals surface area contributed by atoms with Crippen molar-refractivity contribution in [3.8, 4) is 33.9 Å². The molecule has 120 valence electrons. The average Bonchev–Trinajstić information content (AvgIpc) is 2.69. The summed E-state index contributed by atoms with van der Waals surface area (Å²) in [5.74, 6) is 0.729. The molecule has 0 aliphatic carbocycles. The fraction of sp³-hybridized carbons (Fsp3) is 0. The molecule has 4 aromatic rings. The highest BCUT2D eigenvalue weighted by Crippen LogP contribution is 2.27. The zero-order chi connectivity index (χ0) is 17.1. The van der Waals surface area contributed by atoms with E-state index in [9.17, 15) is 0 Å². The first-order valence-electron chi connectivity index (χ1n) is 8.05. The van der Waals surface area contributed by atoms with E-state index in [2.05, 4.69) is 40.2 Å². The van der Waals surface area contributed by atoms with E-state index in [1.54, 1.807) is 0 Å². The summed E-state index contributed by atoms with van der Waals surface area (Å²) in [6.45, 7) is 0. The second kappa shape index (κ2) is 6.99. The molecule has 0 bridgehead atoms. The summed E-state index contributed by atoms with van der Waals surface area (Å²) in [5.41, 5.74) is 5.01. The molecule has 25 heavy (non-hydrogen) atoms. The predicted molar refractivity (Wildman–Crippen MR) is 106 cm³/mol. The van der Waals surface area contributed by atoms with Gasteiger partial charge in [0, 0.05) is 21.2 Å². The minimum absolute atomic E-state index is 0.729. The van der Waals surface area contributed by atoms with Crippen molar-refractivity contribution in [3.63, 3.8) is 0 Å². The van der Waals surface area contributed by atoms with Crippen LogP contribution < -0.4 is 0 Å². The van der Waals surface area contributed by atoms with Crippen molar-refractivity contribution < 1.29 is 0 Å². The van der Waals surface area contributed by atoms with Gasteiger partial charge in [-0.1, -0.05) is 88.7 Å². The van der Waals surface area contributed by atoms with E-state index in [4.69, 9.17) is 9.97 Å². The van der Waals surface area contributed by atoms with Crippen LogP contribution in [0.2, 0.25) is 0 Å². The zero-order valence-corrected chi connectivity index (χ0v) is 15.0. The first-order valence-corrected chi connectivity index (χ1v) is 8.85. The Hall–Kier alpha value is -2.78. The molecule has 3 heteroatoms. The van der Waals surface area contributed by atoms with Crippen molar-refractivity contribution in [3.05, 3.63) is 95.5 Å². The summed E-state index contributed by atoms with van der Waals surface area (Å²) in [4.78, 5) is 9.61. The lowest BCUT2D eigenvalue weighted by Gasteiger charge is -2.09. The Bertz CT molecular complexity index is 924. The molecule has 0 fully saturated rings. The van der Waals surface area contributed by atoms with Gasteiger partial charge in [-0.2, -0.15) is 0 Å². The van der Waals surface area contributed by atoms with E-state index in [0.29, 0.717) is 0 Å². The van der Waals surface area contributed by atoms with Crippen molar-refractivity contribution in [2.75, 3.05) is 0 Å². The smallest absolute Gasteiger partial charge is 0.160 e. The molecule has 4 rings (SSSR count). The fourth-order valence-corrected chi connectivity index (χ4v) is 2.95. The van der Waals surface area contributed by atoms with Crippen LogP contribution in [0.25, 0.3) is 33.9 Å². The van der Waals surface area contributed by atoms with Gasteiger partial charge in [0.15, 0.2) is 5.82 Å². The zero-order valence-electron chi connectivity index (χ0n) is 13.4. The van der Waals surface area contributed by atoms with Gasteiger partial charge in [0.05, 0.1) is 11.4 Å². The van der Waals surface area contributed by atoms with Crippen LogP contribution in [0.5, 0.6) is 0 Å². The molecule has 0 spiro atoms. The van der Waals surface area contributed by atoms with Crippen LogP contribution in [0.1, 0.15) is 0 Å². The van der Waals surface area contributed by atoms with E-state index in [0.717, 1.165) is 38.4 Å². The number of hydrogen-bond donors (Lipinski definition) is 0. The molecule has 0 radical (unpaired) electrons. The summed E-state index contributed by atoms with van der Waals surface area (Å²) < 4.78 is 1.04. The van der Waals surface area contributed by atoms with Crippen molar-refractivity contribution in [1.29, 1.82) is 0 Å². The Morgan fingerprint density at radius 3 is 1.48 bits per heavy atom. The monoisotopic (exact) mass is 386 g/mol. The Morgan fingerprint density at radius 2 is 1.00 bits per heavy atom. The maximum atomic E-state index is 4.80. The quantitative estimate of drug-likeness (QED) is 0.416. The maximum Gasteiger partial charge on any atom is 0.160 e. The van der Waals surface area contributed by atoms with E-state index in [-0.39, 0.29) is 0 Å². The normalized spacial score (nSPS) is 10.6. The first kappa shape index (κ1) is 15.7. The van der Waals surface area contributed by atoms with Gasteiger partial charge in [-0.15, -0.1) is 0 Å².